The van der Waals surface area contributed by atoms with E-state index in [0.717, 1.165) is 13.0 Å². The van der Waals surface area contributed by atoms with Gasteiger partial charge in [-0.15, -0.1) is 0 Å². The van der Waals surface area contributed by atoms with E-state index in [1.807, 2.05) is 12.1 Å². The minimum Gasteiger partial charge on any atom is -0.314 e. The van der Waals surface area contributed by atoms with Crippen molar-refractivity contribution in [3.05, 3.63) is 35.6 Å². The average Bonchev–Trinajstić information content (AvgIpc) is 2.30. The predicted octanol–water partition coefficient (Wildman–Crippen LogP) is 3.68. The van der Waals surface area contributed by atoms with Crippen LogP contribution in [0.15, 0.2) is 24.3 Å². The van der Waals surface area contributed by atoms with Crippen molar-refractivity contribution in [2.75, 3.05) is 6.54 Å². The van der Waals surface area contributed by atoms with Crippen molar-refractivity contribution in [1.29, 1.82) is 0 Å². The number of halogens is 1. The third kappa shape index (κ3) is 4.47. The number of aryl methyl sites for hydroxylation is 1. The van der Waals surface area contributed by atoms with Gasteiger partial charge < -0.3 is 5.32 Å². The van der Waals surface area contributed by atoms with Crippen LogP contribution in [0.5, 0.6) is 0 Å². The van der Waals surface area contributed by atoms with E-state index in [-0.39, 0.29) is 5.82 Å². The maximum absolute atomic E-state index is 12.8. The molecule has 94 valence electrons. The molecule has 0 radical (unpaired) electrons. The van der Waals surface area contributed by atoms with Crippen LogP contribution >= 0.6 is 0 Å². The zero-order chi connectivity index (χ0) is 11.9. The maximum atomic E-state index is 12.8. The molecule has 1 saturated heterocycles. The fourth-order valence-electron chi connectivity index (χ4n) is 2.52. The van der Waals surface area contributed by atoms with E-state index in [2.05, 4.69) is 5.32 Å². The minimum absolute atomic E-state index is 0.141. The Kier molecular flexibility index (Phi) is 4.99. The molecule has 1 aromatic carbocycles. The maximum Gasteiger partial charge on any atom is 0.123 e. The Bertz CT molecular complexity index is 312. The molecular formula is C15H22FN. The van der Waals surface area contributed by atoms with E-state index in [4.69, 9.17) is 0 Å². The molecular weight excluding hydrogens is 213 g/mol. The van der Waals surface area contributed by atoms with Crippen LogP contribution in [0.25, 0.3) is 0 Å². The fourth-order valence-corrected chi connectivity index (χ4v) is 2.52. The van der Waals surface area contributed by atoms with E-state index >= 15 is 0 Å². The van der Waals surface area contributed by atoms with Gasteiger partial charge in [0.15, 0.2) is 0 Å². The van der Waals surface area contributed by atoms with E-state index in [1.54, 1.807) is 12.1 Å². The molecule has 1 atom stereocenters. The van der Waals surface area contributed by atoms with Gasteiger partial charge in [0.2, 0.25) is 0 Å². The summed E-state index contributed by atoms with van der Waals surface area (Å²) in [5.74, 6) is -0.141. The number of rotatable bonds is 3. The van der Waals surface area contributed by atoms with Gasteiger partial charge in [0, 0.05) is 6.04 Å². The van der Waals surface area contributed by atoms with Gasteiger partial charge in [-0.05, 0) is 49.9 Å². The van der Waals surface area contributed by atoms with Gasteiger partial charge in [-0.25, -0.2) is 4.39 Å². The molecule has 1 nitrogen and oxygen atoms in total. The predicted molar refractivity (Wildman–Crippen MR) is 69.6 cm³/mol. The standard InChI is InChI=1S/C15H22FN/c16-14-9-6-13(7-10-14)8-11-15-5-3-1-2-4-12-17-15/h6-7,9-10,15,17H,1-5,8,11-12H2. The molecule has 1 fully saturated rings. The first kappa shape index (κ1) is 12.6. The molecule has 2 heteroatoms. The number of benzene rings is 1. The lowest BCUT2D eigenvalue weighted by atomic mass is 9.98. The van der Waals surface area contributed by atoms with Gasteiger partial charge in [0.05, 0.1) is 0 Å². The second-order valence-corrected chi connectivity index (χ2v) is 5.02. The molecule has 0 saturated carbocycles. The minimum atomic E-state index is -0.141. The highest BCUT2D eigenvalue weighted by Gasteiger charge is 2.10. The van der Waals surface area contributed by atoms with Crippen molar-refractivity contribution in [2.24, 2.45) is 0 Å². The van der Waals surface area contributed by atoms with Gasteiger partial charge >= 0.3 is 0 Å². The van der Waals surface area contributed by atoms with E-state index in [9.17, 15) is 4.39 Å². The first-order valence-corrected chi connectivity index (χ1v) is 6.82. The van der Waals surface area contributed by atoms with Crippen LogP contribution in [0.4, 0.5) is 4.39 Å². The molecule has 0 spiro atoms. The summed E-state index contributed by atoms with van der Waals surface area (Å²) in [4.78, 5) is 0. The van der Waals surface area contributed by atoms with Crippen molar-refractivity contribution in [2.45, 2.75) is 51.0 Å². The van der Waals surface area contributed by atoms with Crippen LogP contribution in [0, 0.1) is 5.82 Å². The topological polar surface area (TPSA) is 12.0 Å². The zero-order valence-corrected chi connectivity index (χ0v) is 10.4. The summed E-state index contributed by atoms with van der Waals surface area (Å²) in [7, 11) is 0. The number of nitrogens with one attached hydrogen (secondary N) is 1. The lowest BCUT2D eigenvalue weighted by Gasteiger charge is -2.21. The Labute approximate surface area is 103 Å². The SMILES string of the molecule is Fc1ccc(CCC2CCCCCCN2)cc1. The van der Waals surface area contributed by atoms with Crippen molar-refractivity contribution >= 4 is 0 Å². The molecule has 2 rings (SSSR count). The Hall–Kier alpha value is -0.890. The number of hydrogen-bond donors (Lipinski definition) is 1. The lowest BCUT2D eigenvalue weighted by Crippen LogP contribution is -2.31. The Morgan fingerprint density at radius 2 is 1.82 bits per heavy atom. The van der Waals surface area contributed by atoms with Crippen LogP contribution in [0.2, 0.25) is 0 Å². The first-order chi connectivity index (χ1) is 8.34. The second kappa shape index (κ2) is 6.75. The van der Waals surface area contributed by atoms with Gasteiger partial charge in [0.25, 0.3) is 0 Å². The fraction of sp³-hybridized carbons (Fsp3) is 0.600. The van der Waals surface area contributed by atoms with Crippen molar-refractivity contribution in [3.63, 3.8) is 0 Å². The van der Waals surface area contributed by atoms with Gasteiger partial charge in [-0.1, -0.05) is 31.4 Å². The summed E-state index contributed by atoms with van der Waals surface area (Å²) in [5, 5.41) is 3.63. The molecule has 1 aliphatic rings. The second-order valence-electron chi connectivity index (χ2n) is 5.02. The highest BCUT2D eigenvalue weighted by molar-refractivity contribution is 5.16. The molecule has 1 aliphatic heterocycles. The summed E-state index contributed by atoms with van der Waals surface area (Å²) in [6, 6.07) is 7.57. The smallest absolute Gasteiger partial charge is 0.123 e. The summed E-state index contributed by atoms with van der Waals surface area (Å²) < 4.78 is 12.8. The zero-order valence-electron chi connectivity index (χ0n) is 10.4. The molecule has 0 bridgehead atoms. The van der Waals surface area contributed by atoms with Gasteiger partial charge in [-0.2, -0.15) is 0 Å². The first-order valence-electron chi connectivity index (χ1n) is 6.82. The van der Waals surface area contributed by atoms with Crippen LogP contribution in [-0.2, 0) is 6.42 Å². The largest absolute Gasteiger partial charge is 0.314 e. The van der Waals surface area contributed by atoms with E-state index in [1.165, 1.54) is 44.1 Å². The summed E-state index contributed by atoms with van der Waals surface area (Å²) >= 11 is 0. The van der Waals surface area contributed by atoms with Crippen molar-refractivity contribution < 1.29 is 4.39 Å². The third-order valence-electron chi connectivity index (χ3n) is 3.61. The quantitative estimate of drug-likeness (QED) is 0.842. The molecule has 0 aromatic heterocycles. The van der Waals surface area contributed by atoms with Crippen LogP contribution in [-0.4, -0.2) is 12.6 Å². The molecule has 1 heterocycles. The summed E-state index contributed by atoms with van der Waals surface area (Å²) in [6.45, 7) is 1.16. The van der Waals surface area contributed by atoms with E-state index < -0.39 is 0 Å². The average molecular weight is 235 g/mol. The summed E-state index contributed by atoms with van der Waals surface area (Å²) in [6.07, 6.45) is 8.94. The molecule has 1 N–H and O–H groups in total. The highest BCUT2D eigenvalue weighted by atomic mass is 19.1. The van der Waals surface area contributed by atoms with Crippen LogP contribution < -0.4 is 5.32 Å². The van der Waals surface area contributed by atoms with Crippen LogP contribution in [0.3, 0.4) is 0 Å². The van der Waals surface area contributed by atoms with E-state index in [0.29, 0.717) is 6.04 Å². The Morgan fingerprint density at radius 3 is 2.65 bits per heavy atom. The lowest BCUT2D eigenvalue weighted by molar-refractivity contribution is 0.399. The molecule has 0 aliphatic carbocycles. The van der Waals surface area contributed by atoms with Crippen molar-refractivity contribution in [1.82, 2.24) is 5.32 Å². The summed E-state index contributed by atoms with van der Waals surface area (Å²) in [5.41, 5.74) is 1.25. The van der Waals surface area contributed by atoms with Gasteiger partial charge in [-0.3, -0.25) is 0 Å². The Balaban J connectivity index is 1.77. The normalized spacial score (nSPS) is 21.8. The van der Waals surface area contributed by atoms with Crippen LogP contribution in [0.1, 0.15) is 44.1 Å². The monoisotopic (exact) mass is 235 g/mol. The number of hydrogen-bond acceptors (Lipinski definition) is 1. The Morgan fingerprint density at radius 1 is 1.06 bits per heavy atom. The van der Waals surface area contributed by atoms with Crippen molar-refractivity contribution in [3.8, 4) is 0 Å². The molecule has 0 amide bonds. The molecule has 1 aromatic rings. The molecule has 17 heavy (non-hydrogen) atoms. The highest BCUT2D eigenvalue weighted by Crippen LogP contribution is 2.14. The van der Waals surface area contributed by atoms with Gasteiger partial charge in [0.1, 0.15) is 5.82 Å². The third-order valence-corrected chi connectivity index (χ3v) is 3.61. The molecule has 1 unspecified atom stereocenters.